The summed E-state index contributed by atoms with van der Waals surface area (Å²) in [5.74, 6) is -0.738. The Bertz CT molecular complexity index is 465. The van der Waals surface area contributed by atoms with Crippen LogP contribution in [0.5, 0.6) is 5.75 Å². The van der Waals surface area contributed by atoms with Gasteiger partial charge < -0.3 is 10.2 Å². The number of benzene rings is 1. The van der Waals surface area contributed by atoms with Gasteiger partial charge in [0.2, 0.25) is 0 Å². The molecule has 0 saturated carbocycles. The fourth-order valence-electron chi connectivity index (χ4n) is 1.67. The van der Waals surface area contributed by atoms with Gasteiger partial charge in [-0.05, 0) is 47.2 Å². The summed E-state index contributed by atoms with van der Waals surface area (Å²) in [6.45, 7) is 7.86. The molecular formula is C14H18O3. The molecule has 0 spiro atoms. The number of aryl methyl sites for hydroxylation is 1. The maximum Gasteiger partial charge on any atom is 0.328 e. The molecule has 0 saturated heterocycles. The van der Waals surface area contributed by atoms with E-state index in [9.17, 15) is 9.90 Å². The van der Waals surface area contributed by atoms with Gasteiger partial charge in [0.1, 0.15) is 5.75 Å². The Morgan fingerprint density at radius 1 is 1.29 bits per heavy atom. The molecule has 3 nitrogen and oxygen atoms in total. The van der Waals surface area contributed by atoms with Crippen LogP contribution in [-0.2, 0) is 10.2 Å². The molecule has 1 aromatic rings. The van der Waals surface area contributed by atoms with Crippen molar-refractivity contribution in [2.45, 2.75) is 33.1 Å². The number of carboxylic acids is 1. The molecule has 1 aromatic carbocycles. The Balaban J connectivity index is 3.36. The molecular weight excluding hydrogens is 216 g/mol. The van der Waals surface area contributed by atoms with Crippen molar-refractivity contribution in [3.8, 4) is 5.75 Å². The minimum absolute atomic E-state index is 0.149. The van der Waals surface area contributed by atoms with Crippen molar-refractivity contribution in [2.75, 3.05) is 0 Å². The first kappa shape index (κ1) is 13.3. The monoisotopic (exact) mass is 234 g/mol. The highest BCUT2D eigenvalue weighted by Gasteiger charge is 2.18. The van der Waals surface area contributed by atoms with E-state index in [2.05, 4.69) is 0 Å². The van der Waals surface area contributed by atoms with Crippen LogP contribution >= 0.6 is 0 Å². The van der Waals surface area contributed by atoms with Crippen molar-refractivity contribution in [1.82, 2.24) is 0 Å². The second-order valence-electron chi connectivity index (χ2n) is 5.15. The van der Waals surface area contributed by atoms with Gasteiger partial charge in [0.15, 0.2) is 0 Å². The van der Waals surface area contributed by atoms with E-state index in [0.29, 0.717) is 0 Å². The van der Waals surface area contributed by atoms with E-state index in [0.717, 1.165) is 22.8 Å². The lowest BCUT2D eigenvalue weighted by atomic mass is 9.82. The van der Waals surface area contributed by atoms with E-state index in [1.54, 1.807) is 25.1 Å². The van der Waals surface area contributed by atoms with E-state index in [1.807, 2.05) is 20.8 Å². The second kappa shape index (κ2) is 4.62. The molecule has 2 N–H and O–H groups in total. The van der Waals surface area contributed by atoms with Crippen LogP contribution in [0.15, 0.2) is 18.2 Å². The number of rotatable bonds is 2. The molecule has 0 amide bonds. The van der Waals surface area contributed by atoms with Gasteiger partial charge in [-0.15, -0.1) is 0 Å². The van der Waals surface area contributed by atoms with Crippen LogP contribution in [-0.4, -0.2) is 16.2 Å². The molecule has 0 bridgehead atoms. The number of phenolic OH excluding ortho intramolecular Hbond substituents is 1. The molecule has 92 valence electrons. The summed E-state index contributed by atoms with van der Waals surface area (Å²) in [4.78, 5) is 10.5. The predicted octanol–water partition coefficient (Wildman–Crippen LogP) is 3.10. The van der Waals surface area contributed by atoms with Crippen molar-refractivity contribution in [3.63, 3.8) is 0 Å². The Kier molecular flexibility index (Phi) is 3.61. The van der Waals surface area contributed by atoms with Crippen LogP contribution in [0.1, 0.15) is 37.5 Å². The molecule has 0 heterocycles. The SMILES string of the molecule is Cc1cc(C=CC(=O)O)c(C(C)(C)C)cc1O. The average Bonchev–Trinajstić information content (AvgIpc) is 2.17. The zero-order valence-corrected chi connectivity index (χ0v) is 10.6. The molecule has 0 aliphatic heterocycles. The van der Waals surface area contributed by atoms with Crippen LogP contribution < -0.4 is 0 Å². The van der Waals surface area contributed by atoms with E-state index < -0.39 is 5.97 Å². The van der Waals surface area contributed by atoms with Gasteiger partial charge in [-0.3, -0.25) is 0 Å². The fraction of sp³-hybridized carbons (Fsp3) is 0.357. The largest absolute Gasteiger partial charge is 0.508 e. The van der Waals surface area contributed by atoms with Crippen molar-refractivity contribution >= 4 is 12.0 Å². The summed E-state index contributed by atoms with van der Waals surface area (Å²) in [5.41, 5.74) is 2.35. The lowest BCUT2D eigenvalue weighted by Gasteiger charge is -2.22. The highest BCUT2D eigenvalue weighted by Crippen LogP contribution is 2.32. The van der Waals surface area contributed by atoms with Crippen LogP contribution in [0, 0.1) is 6.92 Å². The van der Waals surface area contributed by atoms with Crippen molar-refractivity contribution in [2.24, 2.45) is 0 Å². The standard InChI is InChI=1S/C14H18O3/c1-9-7-10(5-6-13(16)17)11(8-12(9)15)14(2,3)4/h5-8,15H,1-4H3,(H,16,17). The van der Waals surface area contributed by atoms with Crippen molar-refractivity contribution in [3.05, 3.63) is 34.9 Å². The third-order valence-corrected chi connectivity index (χ3v) is 2.58. The zero-order chi connectivity index (χ0) is 13.2. The molecule has 0 aliphatic rings. The summed E-state index contributed by atoms with van der Waals surface area (Å²) in [6, 6.07) is 3.51. The smallest absolute Gasteiger partial charge is 0.328 e. The topological polar surface area (TPSA) is 57.5 Å². The average molecular weight is 234 g/mol. The molecule has 0 radical (unpaired) electrons. The van der Waals surface area contributed by atoms with Crippen LogP contribution in [0.2, 0.25) is 0 Å². The molecule has 17 heavy (non-hydrogen) atoms. The number of hydrogen-bond donors (Lipinski definition) is 2. The lowest BCUT2D eigenvalue weighted by molar-refractivity contribution is -0.131. The molecule has 0 aliphatic carbocycles. The van der Waals surface area contributed by atoms with Gasteiger partial charge in [-0.2, -0.15) is 0 Å². The number of aliphatic carboxylic acids is 1. The zero-order valence-electron chi connectivity index (χ0n) is 10.6. The first-order valence-electron chi connectivity index (χ1n) is 5.47. The summed E-state index contributed by atoms with van der Waals surface area (Å²) in [5, 5.41) is 18.4. The van der Waals surface area contributed by atoms with Crippen molar-refractivity contribution < 1.29 is 15.0 Å². The summed E-state index contributed by atoms with van der Waals surface area (Å²) in [7, 11) is 0. The van der Waals surface area contributed by atoms with E-state index in [-0.39, 0.29) is 11.2 Å². The minimum Gasteiger partial charge on any atom is -0.508 e. The third-order valence-electron chi connectivity index (χ3n) is 2.58. The number of aromatic hydroxyl groups is 1. The molecule has 0 fully saturated rings. The van der Waals surface area contributed by atoms with Gasteiger partial charge in [0, 0.05) is 6.08 Å². The molecule has 0 atom stereocenters. The van der Waals surface area contributed by atoms with Gasteiger partial charge in [-0.1, -0.05) is 20.8 Å². The van der Waals surface area contributed by atoms with Gasteiger partial charge in [0.05, 0.1) is 0 Å². The Labute approximate surface area is 101 Å². The molecule has 1 rings (SSSR count). The fourth-order valence-corrected chi connectivity index (χ4v) is 1.67. The summed E-state index contributed by atoms with van der Waals surface area (Å²) < 4.78 is 0. The maximum atomic E-state index is 10.5. The number of hydrogen-bond acceptors (Lipinski definition) is 2. The summed E-state index contributed by atoms with van der Waals surface area (Å²) >= 11 is 0. The van der Waals surface area contributed by atoms with Gasteiger partial charge >= 0.3 is 5.97 Å². The van der Waals surface area contributed by atoms with Crippen molar-refractivity contribution in [1.29, 1.82) is 0 Å². The summed E-state index contributed by atoms with van der Waals surface area (Å²) in [6.07, 6.45) is 2.68. The molecule has 0 aromatic heterocycles. The predicted molar refractivity (Wildman–Crippen MR) is 68.2 cm³/mol. The quantitative estimate of drug-likeness (QED) is 0.773. The van der Waals surface area contributed by atoms with E-state index in [1.165, 1.54) is 0 Å². The Hall–Kier alpha value is -1.77. The van der Waals surface area contributed by atoms with Crippen LogP contribution in [0.3, 0.4) is 0 Å². The van der Waals surface area contributed by atoms with Gasteiger partial charge in [-0.25, -0.2) is 4.79 Å². The lowest BCUT2D eigenvalue weighted by Crippen LogP contribution is -2.13. The first-order chi connectivity index (χ1) is 7.71. The number of phenols is 1. The Morgan fingerprint density at radius 2 is 1.88 bits per heavy atom. The van der Waals surface area contributed by atoms with E-state index in [4.69, 9.17) is 5.11 Å². The highest BCUT2D eigenvalue weighted by molar-refractivity contribution is 5.85. The molecule has 3 heteroatoms. The van der Waals surface area contributed by atoms with Gasteiger partial charge in [0.25, 0.3) is 0 Å². The van der Waals surface area contributed by atoms with E-state index >= 15 is 0 Å². The Morgan fingerprint density at radius 3 is 2.35 bits per heavy atom. The molecule has 0 unspecified atom stereocenters. The first-order valence-corrected chi connectivity index (χ1v) is 5.47. The van der Waals surface area contributed by atoms with Crippen LogP contribution in [0.4, 0.5) is 0 Å². The minimum atomic E-state index is -0.976. The van der Waals surface area contributed by atoms with Crippen LogP contribution in [0.25, 0.3) is 6.08 Å². The second-order valence-corrected chi connectivity index (χ2v) is 5.15. The third kappa shape index (κ3) is 3.34. The normalized spacial score (nSPS) is 12.0. The highest BCUT2D eigenvalue weighted by atomic mass is 16.4. The maximum absolute atomic E-state index is 10.5. The number of carboxylic acid groups (broad SMARTS) is 1. The number of carbonyl (C=O) groups is 1.